The summed E-state index contributed by atoms with van der Waals surface area (Å²) in [4.78, 5) is 0. The zero-order chi connectivity index (χ0) is 14.4. The van der Waals surface area contributed by atoms with E-state index in [1.165, 1.54) is 31.4 Å². The molecule has 1 aromatic rings. The topological polar surface area (TPSA) is 41.5 Å². The molecular weight excluding hydrogens is 257 g/mol. The second kappa shape index (κ2) is 7.60. The van der Waals surface area contributed by atoms with Crippen LogP contribution < -0.4 is 10.1 Å². The standard InChI is InChI=1S/C16H24FNO2/c1-2-14(9-12-3-4-12)18-10-15(19)11-20-16-7-5-13(17)6-8-16/h5-8,12,14-15,18-19H,2-4,9-11H2,1H3. The molecule has 2 atom stereocenters. The number of hydrogen-bond acceptors (Lipinski definition) is 3. The number of ether oxygens (including phenoxy) is 1. The van der Waals surface area contributed by atoms with Crippen LogP contribution in [0.15, 0.2) is 24.3 Å². The van der Waals surface area contributed by atoms with Gasteiger partial charge in [0.2, 0.25) is 0 Å². The maximum absolute atomic E-state index is 12.7. The van der Waals surface area contributed by atoms with Crippen LogP contribution in [-0.4, -0.2) is 30.4 Å². The lowest BCUT2D eigenvalue weighted by atomic mass is 10.1. The van der Waals surface area contributed by atoms with Crippen LogP contribution in [0.2, 0.25) is 0 Å². The van der Waals surface area contributed by atoms with Gasteiger partial charge in [0, 0.05) is 12.6 Å². The van der Waals surface area contributed by atoms with Crippen molar-refractivity contribution in [2.45, 2.75) is 44.8 Å². The van der Waals surface area contributed by atoms with E-state index in [2.05, 4.69) is 12.2 Å². The predicted molar refractivity (Wildman–Crippen MR) is 77.3 cm³/mol. The smallest absolute Gasteiger partial charge is 0.123 e. The summed E-state index contributed by atoms with van der Waals surface area (Å²) in [5.41, 5.74) is 0. The van der Waals surface area contributed by atoms with Gasteiger partial charge < -0.3 is 15.2 Å². The Hall–Kier alpha value is -1.13. The third-order valence-electron chi connectivity index (χ3n) is 3.71. The number of benzene rings is 1. The molecule has 0 amide bonds. The highest BCUT2D eigenvalue weighted by Gasteiger charge is 2.24. The van der Waals surface area contributed by atoms with Crippen molar-refractivity contribution in [1.29, 1.82) is 0 Å². The first-order valence-corrected chi connectivity index (χ1v) is 7.47. The Morgan fingerprint density at radius 1 is 1.35 bits per heavy atom. The molecule has 3 nitrogen and oxygen atoms in total. The van der Waals surface area contributed by atoms with Gasteiger partial charge in [-0.1, -0.05) is 19.8 Å². The number of aliphatic hydroxyl groups is 1. The van der Waals surface area contributed by atoms with Crippen LogP contribution in [0.1, 0.15) is 32.6 Å². The Morgan fingerprint density at radius 2 is 2.05 bits per heavy atom. The second-order valence-electron chi connectivity index (χ2n) is 5.61. The lowest BCUT2D eigenvalue weighted by Crippen LogP contribution is -2.38. The van der Waals surface area contributed by atoms with Crippen LogP contribution in [0.25, 0.3) is 0 Å². The fourth-order valence-electron chi connectivity index (χ4n) is 2.24. The molecule has 0 radical (unpaired) electrons. The molecule has 2 unspecified atom stereocenters. The molecular formula is C16H24FNO2. The van der Waals surface area contributed by atoms with Gasteiger partial charge in [-0.2, -0.15) is 0 Å². The van der Waals surface area contributed by atoms with E-state index in [1.807, 2.05) is 0 Å². The molecule has 1 aliphatic rings. The van der Waals surface area contributed by atoms with Gasteiger partial charge >= 0.3 is 0 Å². The van der Waals surface area contributed by atoms with Crippen LogP contribution in [0, 0.1) is 11.7 Å². The van der Waals surface area contributed by atoms with E-state index in [0.717, 1.165) is 12.3 Å². The molecule has 20 heavy (non-hydrogen) atoms. The van der Waals surface area contributed by atoms with Gasteiger partial charge in [0.15, 0.2) is 0 Å². The molecule has 0 heterocycles. The highest BCUT2D eigenvalue weighted by atomic mass is 19.1. The summed E-state index contributed by atoms with van der Waals surface area (Å²) < 4.78 is 18.2. The van der Waals surface area contributed by atoms with Crippen LogP contribution in [0.3, 0.4) is 0 Å². The molecule has 112 valence electrons. The largest absolute Gasteiger partial charge is 0.491 e. The normalized spacial score (nSPS) is 17.8. The number of rotatable bonds is 9. The number of aliphatic hydroxyl groups excluding tert-OH is 1. The lowest BCUT2D eigenvalue weighted by molar-refractivity contribution is 0.103. The van der Waals surface area contributed by atoms with Crippen molar-refractivity contribution in [1.82, 2.24) is 5.32 Å². The average Bonchev–Trinajstić information content (AvgIpc) is 3.26. The Bertz CT molecular complexity index is 392. The first-order valence-electron chi connectivity index (χ1n) is 7.47. The Balaban J connectivity index is 1.63. The van der Waals surface area contributed by atoms with E-state index in [1.54, 1.807) is 12.1 Å². The zero-order valence-corrected chi connectivity index (χ0v) is 12.0. The minimum absolute atomic E-state index is 0.221. The number of halogens is 1. The molecule has 1 fully saturated rings. The van der Waals surface area contributed by atoms with Gasteiger partial charge in [-0.3, -0.25) is 0 Å². The molecule has 0 aliphatic heterocycles. The maximum atomic E-state index is 12.7. The van der Waals surface area contributed by atoms with Crippen molar-refractivity contribution in [2.24, 2.45) is 5.92 Å². The molecule has 1 saturated carbocycles. The zero-order valence-electron chi connectivity index (χ0n) is 12.0. The quantitative estimate of drug-likeness (QED) is 0.731. The Labute approximate surface area is 120 Å². The second-order valence-corrected chi connectivity index (χ2v) is 5.61. The average molecular weight is 281 g/mol. The minimum atomic E-state index is -0.548. The molecule has 0 bridgehead atoms. The van der Waals surface area contributed by atoms with E-state index >= 15 is 0 Å². The molecule has 2 N–H and O–H groups in total. The highest BCUT2D eigenvalue weighted by molar-refractivity contribution is 5.22. The van der Waals surface area contributed by atoms with Crippen molar-refractivity contribution >= 4 is 0 Å². The molecule has 0 spiro atoms. The summed E-state index contributed by atoms with van der Waals surface area (Å²) in [6, 6.07) is 6.32. The summed E-state index contributed by atoms with van der Waals surface area (Å²) in [5.74, 6) is 1.18. The van der Waals surface area contributed by atoms with Crippen molar-refractivity contribution in [3.63, 3.8) is 0 Å². The third-order valence-corrected chi connectivity index (χ3v) is 3.71. The molecule has 4 heteroatoms. The summed E-state index contributed by atoms with van der Waals surface area (Å²) in [5, 5.41) is 13.3. The monoisotopic (exact) mass is 281 g/mol. The van der Waals surface area contributed by atoms with Crippen LogP contribution >= 0.6 is 0 Å². The molecule has 1 aliphatic carbocycles. The first-order chi connectivity index (χ1) is 9.67. The van der Waals surface area contributed by atoms with Gasteiger partial charge in [0.05, 0.1) is 0 Å². The fourth-order valence-corrected chi connectivity index (χ4v) is 2.24. The summed E-state index contributed by atoms with van der Waals surface area (Å²) in [6.07, 6.45) is 4.46. The third kappa shape index (κ3) is 5.47. The minimum Gasteiger partial charge on any atom is -0.491 e. The molecule has 0 aromatic heterocycles. The van der Waals surface area contributed by atoms with E-state index < -0.39 is 6.10 Å². The Morgan fingerprint density at radius 3 is 2.65 bits per heavy atom. The highest BCUT2D eigenvalue weighted by Crippen LogP contribution is 2.33. The van der Waals surface area contributed by atoms with Crippen molar-refractivity contribution in [2.75, 3.05) is 13.2 Å². The fraction of sp³-hybridized carbons (Fsp3) is 0.625. The predicted octanol–water partition coefficient (Wildman–Crippen LogP) is 2.73. The lowest BCUT2D eigenvalue weighted by Gasteiger charge is -2.19. The van der Waals surface area contributed by atoms with Gasteiger partial charge in [0.25, 0.3) is 0 Å². The summed E-state index contributed by atoms with van der Waals surface area (Å²) >= 11 is 0. The van der Waals surface area contributed by atoms with Crippen LogP contribution in [-0.2, 0) is 0 Å². The van der Waals surface area contributed by atoms with E-state index in [9.17, 15) is 9.50 Å². The van der Waals surface area contributed by atoms with Gasteiger partial charge in [-0.25, -0.2) is 4.39 Å². The molecule has 1 aromatic carbocycles. The van der Waals surface area contributed by atoms with Crippen molar-refractivity contribution in [3.8, 4) is 5.75 Å². The maximum Gasteiger partial charge on any atom is 0.123 e. The first kappa shape index (κ1) is 15.3. The van der Waals surface area contributed by atoms with E-state index in [0.29, 0.717) is 18.3 Å². The van der Waals surface area contributed by atoms with Gasteiger partial charge in [-0.05, 0) is 43.0 Å². The Kier molecular flexibility index (Phi) is 5.80. The number of hydrogen-bond donors (Lipinski definition) is 2. The molecule has 2 rings (SSSR count). The van der Waals surface area contributed by atoms with Crippen LogP contribution in [0.4, 0.5) is 4.39 Å². The van der Waals surface area contributed by atoms with Crippen LogP contribution in [0.5, 0.6) is 5.75 Å². The van der Waals surface area contributed by atoms with Crippen molar-refractivity contribution < 1.29 is 14.2 Å². The molecule has 0 saturated heterocycles. The van der Waals surface area contributed by atoms with Gasteiger partial charge in [0.1, 0.15) is 24.3 Å². The van der Waals surface area contributed by atoms with E-state index in [-0.39, 0.29) is 12.4 Å². The van der Waals surface area contributed by atoms with E-state index in [4.69, 9.17) is 4.74 Å². The number of nitrogens with one attached hydrogen (secondary N) is 1. The summed E-state index contributed by atoms with van der Waals surface area (Å²) in [7, 11) is 0. The van der Waals surface area contributed by atoms with Crippen molar-refractivity contribution in [3.05, 3.63) is 30.1 Å². The summed E-state index contributed by atoms with van der Waals surface area (Å²) in [6.45, 7) is 2.92. The van der Waals surface area contributed by atoms with Gasteiger partial charge in [-0.15, -0.1) is 0 Å². The SMILES string of the molecule is CCC(CC1CC1)NCC(O)COc1ccc(F)cc1.